The number of amides is 1. The number of halogens is 1. The minimum atomic E-state index is -0.522. The second-order valence-corrected chi connectivity index (χ2v) is 6.09. The Hall–Kier alpha value is -1.57. The summed E-state index contributed by atoms with van der Waals surface area (Å²) < 4.78 is 0. The smallest absolute Gasteiger partial charge is 0.231 e. The van der Waals surface area contributed by atoms with Crippen LogP contribution in [0.25, 0.3) is 0 Å². The first-order valence-corrected chi connectivity index (χ1v) is 7.70. The molecule has 0 aliphatic heterocycles. The van der Waals surface area contributed by atoms with Gasteiger partial charge in [-0.05, 0) is 31.0 Å². The van der Waals surface area contributed by atoms with Crippen molar-refractivity contribution in [3.63, 3.8) is 0 Å². The molecular weight excluding hydrogens is 286 g/mol. The second kappa shape index (κ2) is 6.93. The van der Waals surface area contributed by atoms with Crippen molar-refractivity contribution < 1.29 is 4.79 Å². The lowest BCUT2D eigenvalue weighted by molar-refractivity contribution is -0.125. The molecule has 1 aromatic carbocycles. The zero-order chi connectivity index (χ0) is 15.3. The Morgan fingerprint density at radius 3 is 2.57 bits per heavy atom. The van der Waals surface area contributed by atoms with E-state index >= 15 is 0 Å². The molecule has 0 radical (unpaired) electrons. The summed E-state index contributed by atoms with van der Waals surface area (Å²) in [6, 6.07) is 6.93. The highest BCUT2D eigenvalue weighted by molar-refractivity contribution is 6.31. The highest BCUT2D eigenvalue weighted by Crippen LogP contribution is 2.35. The zero-order valence-electron chi connectivity index (χ0n) is 12.0. The number of rotatable bonds is 3. The zero-order valence-corrected chi connectivity index (χ0v) is 12.7. The molecule has 1 aliphatic carbocycles. The van der Waals surface area contributed by atoms with Gasteiger partial charge < -0.3 is 11.1 Å². The molecule has 112 valence electrons. The van der Waals surface area contributed by atoms with E-state index in [0.717, 1.165) is 38.5 Å². The number of carbonyl (C=O) groups is 1. The molecule has 2 rings (SSSR count). The van der Waals surface area contributed by atoms with Crippen LogP contribution in [0.15, 0.2) is 18.2 Å². The molecule has 1 saturated carbocycles. The number of nitrogens with two attached hydrogens (primary N) is 1. The van der Waals surface area contributed by atoms with E-state index < -0.39 is 5.41 Å². The number of nitriles is 1. The van der Waals surface area contributed by atoms with Crippen LogP contribution >= 0.6 is 11.6 Å². The van der Waals surface area contributed by atoms with Crippen LogP contribution in [-0.2, 0) is 4.79 Å². The van der Waals surface area contributed by atoms with E-state index in [2.05, 4.69) is 11.4 Å². The van der Waals surface area contributed by atoms with E-state index in [0.29, 0.717) is 22.8 Å². The Kier molecular flexibility index (Phi) is 5.22. The van der Waals surface area contributed by atoms with Gasteiger partial charge in [-0.25, -0.2) is 0 Å². The Bertz CT molecular complexity index is 557. The van der Waals surface area contributed by atoms with Gasteiger partial charge in [0.05, 0.1) is 16.7 Å². The fraction of sp³-hybridized carbons (Fsp3) is 0.500. The monoisotopic (exact) mass is 305 g/mol. The SMILES string of the molecule is N#Cc1ccc(Cl)cc1NC(=O)C1(CN)CCCCCC1. The van der Waals surface area contributed by atoms with Crippen molar-refractivity contribution in [2.45, 2.75) is 38.5 Å². The van der Waals surface area contributed by atoms with Crippen molar-refractivity contribution in [3.8, 4) is 6.07 Å². The van der Waals surface area contributed by atoms with Gasteiger partial charge in [0.25, 0.3) is 0 Å². The number of nitrogens with one attached hydrogen (secondary N) is 1. The van der Waals surface area contributed by atoms with Gasteiger partial charge in [0, 0.05) is 11.6 Å². The van der Waals surface area contributed by atoms with Crippen LogP contribution in [0.5, 0.6) is 0 Å². The number of hydrogen-bond acceptors (Lipinski definition) is 3. The van der Waals surface area contributed by atoms with Crippen LogP contribution in [-0.4, -0.2) is 12.5 Å². The van der Waals surface area contributed by atoms with Gasteiger partial charge in [0.15, 0.2) is 0 Å². The second-order valence-electron chi connectivity index (χ2n) is 5.65. The average Bonchev–Trinajstić information content (AvgIpc) is 2.74. The maximum absolute atomic E-state index is 12.7. The molecule has 21 heavy (non-hydrogen) atoms. The maximum Gasteiger partial charge on any atom is 0.231 e. The molecule has 0 heterocycles. The summed E-state index contributed by atoms with van der Waals surface area (Å²) >= 11 is 5.95. The lowest BCUT2D eigenvalue weighted by Crippen LogP contribution is -2.42. The van der Waals surface area contributed by atoms with E-state index in [4.69, 9.17) is 22.6 Å². The Morgan fingerprint density at radius 2 is 2.00 bits per heavy atom. The van der Waals surface area contributed by atoms with Gasteiger partial charge in [-0.1, -0.05) is 37.3 Å². The van der Waals surface area contributed by atoms with Gasteiger partial charge in [-0.15, -0.1) is 0 Å². The van der Waals surface area contributed by atoms with Gasteiger partial charge in [0.2, 0.25) is 5.91 Å². The van der Waals surface area contributed by atoms with Crippen molar-refractivity contribution in [2.24, 2.45) is 11.1 Å². The number of nitrogens with zero attached hydrogens (tertiary/aromatic N) is 1. The largest absolute Gasteiger partial charge is 0.329 e. The molecule has 0 saturated heterocycles. The Balaban J connectivity index is 2.23. The minimum absolute atomic E-state index is 0.0920. The summed E-state index contributed by atoms with van der Waals surface area (Å²) in [5.41, 5.74) is 6.26. The highest BCUT2D eigenvalue weighted by atomic mass is 35.5. The molecule has 0 unspecified atom stereocenters. The molecule has 0 spiro atoms. The van der Waals surface area contributed by atoms with Crippen LogP contribution in [0.4, 0.5) is 5.69 Å². The highest BCUT2D eigenvalue weighted by Gasteiger charge is 2.37. The third-order valence-electron chi connectivity index (χ3n) is 4.28. The first-order valence-electron chi connectivity index (χ1n) is 7.32. The van der Waals surface area contributed by atoms with Crippen molar-refractivity contribution >= 4 is 23.2 Å². The first-order chi connectivity index (χ1) is 10.1. The molecule has 3 N–H and O–H groups in total. The molecule has 1 aliphatic rings. The van der Waals surface area contributed by atoms with Crippen molar-refractivity contribution in [2.75, 3.05) is 11.9 Å². The van der Waals surface area contributed by atoms with Crippen molar-refractivity contribution in [1.82, 2.24) is 0 Å². The third-order valence-corrected chi connectivity index (χ3v) is 4.52. The van der Waals surface area contributed by atoms with Crippen LogP contribution in [0, 0.1) is 16.7 Å². The summed E-state index contributed by atoms with van der Waals surface area (Å²) in [5.74, 6) is -0.0920. The van der Waals surface area contributed by atoms with Crippen molar-refractivity contribution in [1.29, 1.82) is 5.26 Å². The Morgan fingerprint density at radius 1 is 1.33 bits per heavy atom. The lowest BCUT2D eigenvalue weighted by Gasteiger charge is -2.30. The van der Waals surface area contributed by atoms with Crippen LogP contribution in [0.1, 0.15) is 44.1 Å². The quantitative estimate of drug-likeness (QED) is 0.839. The maximum atomic E-state index is 12.7. The third kappa shape index (κ3) is 3.55. The summed E-state index contributed by atoms with van der Waals surface area (Å²) in [4.78, 5) is 12.7. The summed E-state index contributed by atoms with van der Waals surface area (Å²) in [7, 11) is 0. The van der Waals surface area contributed by atoms with E-state index in [1.807, 2.05) is 0 Å². The number of anilines is 1. The molecule has 0 aromatic heterocycles. The van der Waals surface area contributed by atoms with E-state index in [9.17, 15) is 4.79 Å². The normalized spacial score (nSPS) is 17.6. The van der Waals surface area contributed by atoms with Crippen molar-refractivity contribution in [3.05, 3.63) is 28.8 Å². The first kappa shape index (κ1) is 15.8. The lowest BCUT2D eigenvalue weighted by atomic mass is 9.79. The van der Waals surface area contributed by atoms with Gasteiger partial charge in [-0.3, -0.25) is 4.79 Å². The van der Waals surface area contributed by atoms with Gasteiger partial charge >= 0.3 is 0 Å². The molecule has 1 aromatic rings. The van der Waals surface area contributed by atoms with E-state index in [1.165, 1.54) is 0 Å². The molecule has 5 heteroatoms. The molecular formula is C16H20ClN3O. The summed E-state index contributed by atoms with van der Waals surface area (Å²) in [6.45, 7) is 0.335. The summed E-state index contributed by atoms with van der Waals surface area (Å²) in [6.07, 6.45) is 5.94. The molecule has 0 atom stereocenters. The molecule has 1 amide bonds. The van der Waals surface area contributed by atoms with Crippen LogP contribution in [0.2, 0.25) is 5.02 Å². The molecule has 0 bridgehead atoms. The van der Waals surface area contributed by atoms with E-state index in [1.54, 1.807) is 18.2 Å². The average molecular weight is 306 g/mol. The number of hydrogen-bond donors (Lipinski definition) is 2. The molecule has 4 nitrogen and oxygen atoms in total. The number of benzene rings is 1. The fourth-order valence-corrected chi connectivity index (χ4v) is 3.07. The van der Waals surface area contributed by atoms with Crippen LogP contribution < -0.4 is 11.1 Å². The predicted octanol–water partition coefficient (Wildman–Crippen LogP) is 3.45. The predicted molar refractivity (Wildman–Crippen MR) is 84.0 cm³/mol. The fourth-order valence-electron chi connectivity index (χ4n) is 2.90. The number of carbonyl (C=O) groups excluding carboxylic acids is 1. The van der Waals surface area contributed by atoms with Crippen LogP contribution in [0.3, 0.4) is 0 Å². The van der Waals surface area contributed by atoms with Gasteiger partial charge in [-0.2, -0.15) is 5.26 Å². The van der Waals surface area contributed by atoms with E-state index in [-0.39, 0.29) is 5.91 Å². The topological polar surface area (TPSA) is 78.9 Å². The molecule has 1 fully saturated rings. The van der Waals surface area contributed by atoms with Gasteiger partial charge in [0.1, 0.15) is 6.07 Å². The minimum Gasteiger partial charge on any atom is -0.329 e. The summed E-state index contributed by atoms with van der Waals surface area (Å²) in [5, 5.41) is 12.5. The standard InChI is InChI=1S/C16H20ClN3O/c17-13-6-5-12(10-18)14(9-13)20-15(21)16(11-19)7-3-1-2-4-8-16/h5-6,9H,1-4,7-8,11,19H2,(H,20,21). The Labute approximate surface area is 130 Å².